The summed E-state index contributed by atoms with van der Waals surface area (Å²) in [5.41, 5.74) is 0. The van der Waals surface area contributed by atoms with E-state index >= 15 is 0 Å². The van der Waals surface area contributed by atoms with Crippen molar-refractivity contribution in [3.05, 3.63) is 0 Å². The Morgan fingerprint density at radius 3 is 1.10 bits per heavy atom. The van der Waals surface area contributed by atoms with Gasteiger partial charge >= 0.3 is 0 Å². The zero-order valence-electron chi connectivity index (χ0n) is 21.3. The van der Waals surface area contributed by atoms with Crippen molar-refractivity contribution < 1.29 is 0 Å². The summed E-state index contributed by atoms with van der Waals surface area (Å²) in [4.78, 5) is 2.94. The van der Waals surface area contributed by atoms with E-state index in [4.69, 9.17) is 0 Å². The average molecular weight is 410 g/mol. The monoisotopic (exact) mass is 409 g/mol. The maximum atomic E-state index is 2.94. The molecule has 0 aromatic carbocycles. The van der Waals surface area contributed by atoms with Crippen molar-refractivity contribution in [2.75, 3.05) is 13.1 Å². The first kappa shape index (κ1) is 29.0. The smallest absolute Gasteiger partial charge is 0.00952 e. The molecule has 0 aliphatic carbocycles. The maximum Gasteiger partial charge on any atom is 0.00952 e. The first-order valence-electron chi connectivity index (χ1n) is 14.0. The Kier molecular flexibility index (Phi) is 24.2. The summed E-state index contributed by atoms with van der Waals surface area (Å²) < 4.78 is 0. The van der Waals surface area contributed by atoms with Gasteiger partial charge in [0.2, 0.25) is 0 Å². The van der Waals surface area contributed by atoms with Crippen molar-refractivity contribution in [2.24, 2.45) is 0 Å². The predicted molar refractivity (Wildman–Crippen MR) is 135 cm³/mol. The van der Waals surface area contributed by atoms with Crippen molar-refractivity contribution in [3.8, 4) is 0 Å². The lowest BCUT2D eigenvalue weighted by molar-refractivity contribution is 0.163. The van der Waals surface area contributed by atoms with Crippen LogP contribution >= 0.6 is 0 Å². The Balaban J connectivity index is 4.50. The van der Waals surface area contributed by atoms with Gasteiger partial charge in [-0.05, 0) is 38.8 Å². The third-order valence-electron chi connectivity index (χ3n) is 6.65. The molecule has 1 nitrogen and oxygen atoms in total. The molecule has 176 valence electrons. The Bertz CT molecular complexity index is 276. The number of nitrogens with zero attached hydrogens (tertiary/aromatic N) is 1. The molecular weight excluding hydrogens is 350 g/mol. The Morgan fingerprint density at radius 1 is 0.379 bits per heavy atom. The Hall–Kier alpha value is -0.0400. The molecule has 0 bridgehead atoms. The first-order chi connectivity index (χ1) is 14.3. The van der Waals surface area contributed by atoms with Crippen molar-refractivity contribution in [1.29, 1.82) is 0 Å². The van der Waals surface area contributed by atoms with Crippen LogP contribution in [0, 0.1) is 0 Å². The lowest BCUT2D eigenvalue weighted by Gasteiger charge is -2.32. The van der Waals surface area contributed by atoms with Crippen LogP contribution in [-0.4, -0.2) is 24.0 Å². The number of hydrogen-bond donors (Lipinski definition) is 0. The summed E-state index contributed by atoms with van der Waals surface area (Å²) in [6.45, 7) is 12.0. The minimum absolute atomic E-state index is 0.866. The van der Waals surface area contributed by atoms with Gasteiger partial charge in [0.05, 0.1) is 0 Å². The van der Waals surface area contributed by atoms with E-state index in [1.807, 2.05) is 0 Å². The van der Waals surface area contributed by atoms with Gasteiger partial charge in [-0.15, -0.1) is 0 Å². The Morgan fingerprint density at radius 2 is 0.690 bits per heavy atom. The largest absolute Gasteiger partial charge is 0.300 e. The molecule has 0 spiro atoms. The van der Waals surface area contributed by atoms with Crippen LogP contribution in [0.25, 0.3) is 0 Å². The third kappa shape index (κ3) is 19.7. The van der Waals surface area contributed by atoms with E-state index < -0.39 is 0 Å². The molecule has 1 heteroatoms. The SMILES string of the molecule is CCCCCCCCCC(CCCCCC)N(CCCCCC)CCCCCC. The van der Waals surface area contributed by atoms with Crippen LogP contribution in [0.2, 0.25) is 0 Å². The summed E-state index contributed by atoms with van der Waals surface area (Å²) in [6.07, 6.45) is 30.0. The molecule has 0 aromatic rings. The molecule has 0 heterocycles. The Labute approximate surface area is 186 Å². The summed E-state index contributed by atoms with van der Waals surface area (Å²) in [6, 6.07) is 0.866. The van der Waals surface area contributed by atoms with Crippen molar-refractivity contribution >= 4 is 0 Å². The molecule has 1 atom stereocenters. The number of rotatable bonds is 24. The lowest BCUT2D eigenvalue weighted by atomic mass is 9.98. The summed E-state index contributed by atoms with van der Waals surface area (Å²) >= 11 is 0. The highest BCUT2D eigenvalue weighted by atomic mass is 15.1. The molecule has 29 heavy (non-hydrogen) atoms. The molecule has 1 unspecified atom stereocenters. The predicted octanol–water partition coefficient (Wildman–Crippen LogP) is 9.93. The summed E-state index contributed by atoms with van der Waals surface area (Å²) in [5, 5.41) is 0. The van der Waals surface area contributed by atoms with E-state index in [1.54, 1.807) is 0 Å². The van der Waals surface area contributed by atoms with Crippen molar-refractivity contribution in [2.45, 2.75) is 169 Å². The molecule has 0 aliphatic rings. The zero-order valence-corrected chi connectivity index (χ0v) is 21.3. The minimum Gasteiger partial charge on any atom is -0.300 e. The maximum absolute atomic E-state index is 2.94. The van der Waals surface area contributed by atoms with Crippen LogP contribution < -0.4 is 0 Å². The van der Waals surface area contributed by atoms with Gasteiger partial charge in [0, 0.05) is 6.04 Å². The van der Waals surface area contributed by atoms with Gasteiger partial charge in [0.1, 0.15) is 0 Å². The lowest BCUT2D eigenvalue weighted by Crippen LogP contribution is -2.37. The van der Waals surface area contributed by atoms with Gasteiger partial charge in [-0.1, -0.05) is 137 Å². The van der Waals surface area contributed by atoms with Crippen LogP contribution in [0.5, 0.6) is 0 Å². The third-order valence-corrected chi connectivity index (χ3v) is 6.65. The second kappa shape index (κ2) is 24.2. The molecule has 0 radical (unpaired) electrons. The van der Waals surface area contributed by atoms with Gasteiger partial charge in [-0.25, -0.2) is 0 Å². The molecule has 0 rings (SSSR count). The standard InChI is InChI=1S/C28H59N/c1-5-9-13-17-18-19-21-25-28(24-20-14-10-6-2)29(26-22-15-11-7-3)27-23-16-12-8-4/h28H,5-27H2,1-4H3. The van der Waals surface area contributed by atoms with Crippen LogP contribution in [-0.2, 0) is 0 Å². The molecule has 0 saturated heterocycles. The van der Waals surface area contributed by atoms with Gasteiger partial charge in [-0.3, -0.25) is 0 Å². The number of unbranched alkanes of at least 4 members (excludes halogenated alkanes) is 15. The van der Waals surface area contributed by atoms with E-state index in [2.05, 4.69) is 32.6 Å². The highest BCUT2D eigenvalue weighted by Crippen LogP contribution is 2.20. The fourth-order valence-electron chi connectivity index (χ4n) is 4.61. The van der Waals surface area contributed by atoms with Crippen LogP contribution in [0.3, 0.4) is 0 Å². The molecular formula is C28H59N. The number of hydrogen-bond acceptors (Lipinski definition) is 1. The molecule has 0 amide bonds. The average Bonchev–Trinajstić information content (AvgIpc) is 2.73. The fraction of sp³-hybridized carbons (Fsp3) is 1.00. The van der Waals surface area contributed by atoms with Crippen LogP contribution in [0.4, 0.5) is 0 Å². The van der Waals surface area contributed by atoms with Gasteiger partial charge in [-0.2, -0.15) is 0 Å². The van der Waals surface area contributed by atoms with E-state index in [1.165, 1.54) is 148 Å². The molecule has 0 aliphatic heterocycles. The molecule has 0 N–H and O–H groups in total. The molecule has 0 fully saturated rings. The second-order valence-electron chi connectivity index (χ2n) is 9.57. The van der Waals surface area contributed by atoms with E-state index in [0.717, 1.165) is 6.04 Å². The molecule has 0 saturated carbocycles. The summed E-state index contributed by atoms with van der Waals surface area (Å²) in [5.74, 6) is 0. The highest BCUT2D eigenvalue weighted by Gasteiger charge is 2.17. The quantitative estimate of drug-likeness (QED) is 0.143. The van der Waals surface area contributed by atoms with Gasteiger partial charge in [0.15, 0.2) is 0 Å². The minimum atomic E-state index is 0.866. The first-order valence-corrected chi connectivity index (χ1v) is 14.0. The highest BCUT2D eigenvalue weighted by molar-refractivity contribution is 4.73. The van der Waals surface area contributed by atoms with Crippen molar-refractivity contribution in [3.63, 3.8) is 0 Å². The van der Waals surface area contributed by atoms with Crippen LogP contribution in [0.15, 0.2) is 0 Å². The molecule has 0 aromatic heterocycles. The topological polar surface area (TPSA) is 3.24 Å². The van der Waals surface area contributed by atoms with Gasteiger partial charge in [0.25, 0.3) is 0 Å². The van der Waals surface area contributed by atoms with Crippen molar-refractivity contribution in [1.82, 2.24) is 4.90 Å². The van der Waals surface area contributed by atoms with E-state index in [-0.39, 0.29) is 0 Å². The van der Waals surface area contributed by atoms with Crippen LogP contribution in [0.1, 0.15) is 163 Å². The normalized spacial score (nSPS) is 12.7. The van der Waals surface area contributed by atoms with E-state index in [9.17, 15) is 0 Å². The second-order valence-corrected chi connectivity index (χ2v) is 9.57. The fourth-order valence-corrected chi connectivity index (χ4v) is 4.61. The summed E-state index contributed by atoms with van der Waals surface area (Å²) in [7, 11) is 0. The van der Waals surface area contributed by atoms with Gasteiger partial charge < -0.3 is 4.90 Å². The van der Waals surface area contributed by atoms with E-state index in [0.29, 0.717) is 0 Å². The zero-order chi connectivity index (χ0) is 21.4.